The van der Waals surface area contributed by atoms with E-state index in [0.29, 0.717) is 11.3 Å². The van der Waals surface area contributed by atoms with E-state index in [4.69, 9.17) is 15.6 Å². The number of ether oxygens (including phenoxy) is 1. The number of rotatable bonds is 4. The summed E-state index contributed by atoms with van der Waals surface area (Å²) in [6, 6.07) is 13.8. The lowest BCUT2D eigenvalue weighted by molar-refractivity contribution is -0.138. The molecule has 0 bridgehead atoms. The molecule has 2 aromatic carbocycles. The number of nitrogens with two attached hydrogens (primary N) is 1. The highest BCUT2D eigenvalue weighted by Crippen LogP contribution is 2.32. The van der Waals surface area contributed by atoms with Gasteiger partial charge in [0.1, 0.15) is 11.8 Å². The van der Waals surface area contributed by atoms with Crippen molar-refractivity contribution in [1.29, 1.82) is 0 Å². The Hall–Kier alpha value is -2.33. The second-order valence-electron chi connectivity index (χ2n) is 4.14. The van der Waals surface area contributed by atoms with Gasteiger partial charge >= 0.3 is 5.97 Å². The molecule has 0 amide bonds. The summed E-state index contributed by atoms with van der Waals surface area (Å²) < 4.78 is 5.31. The van der Waals surface area contributed by atoms with E-state index in [9.17, 15) is 4.79 Å². The van der Waals surface area contributed by atoms with Crippen molar-refractivity contribution in [1.82, 2.24) is 0 Å². The van der Waals surface area contributed by atoms with Gasteiger partial charge in [-0.2, -0.15) is 0 Å². The van der Waals surface area contributed by atoms with Gasteiger partial charge in [-0.1, -0.05) is 36.4 Å². The first-order chi connectivity index (χ1) is 9.13. The molecule has 0 aliphatic rings. The van der Waals surface area contributed by atoms with Gasteiger partial charge in [0.05, 0.1) is 7.11 Å². The van der Waals surface area contributed by atoms with Crippen LogP contribution >= 0.6 is 0 Å². The summed E-state index contributed by atoms with van der Waals surface area (Å²) in [6.07, 6.45) is 0. The molecular weight excluding hydrogens is 242 g/mol. The van der Waals surface area contributed by atoms with Gasteiger partial charge in [-0.15, -0.1) is 0 Å². The van der Waals surface area contributed by atoms with Crippen LogP contribution < -0.4 is 10.5 Å². The fourth-order valence-electron chi connectivity index (χ4n) is 1.90. The summed E-state index contributed by atoms with van der Waals surface area (Å²) in [4.78, 5) is 10.9. The molecule has 0 fully saturated rings. The van der Waals surface area contributed by atoms with Crippen molar-refractivity contribution in [3.8, 4) is 16.9 Å². The predicted molar refractivity (Wildman–Crippen MR) is 73.0 cm³/mol. The molecule has 3 N–H and O–H groups in total. The van der Waals surface area contributed by atoms with E-state index in [0.717, 1.165) is 11.1 Å². The standard InChI is InChI=1S/C15H15NO3/c1-19-13-8-7-11(14(16)15(17)18)9-12(13)10-5-3-2-4-6-10/h2-9,14H,16H2,1H3,(H,17,18). The summed E-state index contributed by atoms with van der Waals surface area (Å²) in [7, 11) is 1.58. The van der Waals surface area contributed by atoms with Crippen molar-refractivity contribution < 1.29 is 14.6 Å². The number of hydrogen-bond acceptors (Lipinski definition) is 3. The summed E-state index contributed by atoms with van der Waals surface area (Å²) in [5.41, 5.74) is 7.97. The molecule has 0 heterocycles. The van der Waals surface area contributed by atoms with Crippen LogP contribution in [0, 0.1) is 0 Å². The normalized spacial score (nSPS) is 11.9. The first-order valence-corrected chi connectivity index (χ1v) is 5.85. The molecule has 1 atom stereocenters. The zero-order valence-corrected chi connectivity index (χ0v) is 10.5. The Morgan fingerprint density at radius 1 is 1.21 bits per heavy atom. The lowest BCUT2D eigenvalue weighted by Crippen LogP contribution is -2.20. The van der Waals surface area contributed by atoms with Crippen molar-refractivity contribution in [2.24, 2.45) is 5.73 Å². The molecule has 0 saturated carbocycles. The topological polar surface area (TPSA) is 72.5 Å². The Morgan fingerprint density at radius 2 is 1.89 bits per heavy atom. The van der Waals surface area contributed by atoms with E-state index in [-0.39, 0.29) is 0 Å². The van der Waals surface area contributed by atoms with Crippen LogP contribution in [-0.4, -0.2) is 18.2 Å². The highest BCUT2D eigenvalue weighted by atomic mass is 16.5. The maximum atomic E-state index is 10.9. The molecule has 0 radical (unpaired) electrons. The van der Waals surface area contributed by atoms with E-state index in [1.165, 1.54) is 0 Å². The Labute approximate surface area is 111 Å². The largest absolute Gasteiger partial charge is 0.496 e. The van der Waals surface area contributed by atoms with Gasteiger partial charge in [0.25, 0.3) is 0 Å². The summed E-state index contributed by atoms with van der Waals surface area (Å²) in [6.45, 7) is 0. The molecule has 2 aromatic rings. The first kappa shape index (κ1) is 13.1. The average Bonchev–Trinajstić information content (AvgIpc) is 2.46. The minimum atomic E-state index is -1.05. The van der Waals surface area contributed by atoms with E-state index >= 15 is 0 Å². The van der Waals surface area contributed by atoms with Crippen LogP contribution in [0.25, 0.3) is 11.1 Å². The molecule has 0 aliphatic heterocycles. The van der Waals surface area contributed by atoms with Crippen LogP contribution in [-0.2, 0) is 4.79 Å². The summed E-state index contributed by atoms with van der Waals surface area (Å²) in [5, 5.41) is 8.97. The van der Waals surface area contributed by atoms with Gasteiger partial charge in [0.15, 0.2) is 0 Å². The van der Waals surface area contributed by atoms with Crippen molar-refractivity contribution in [3.63, 3.8) is 0 Å². The maximum absolute atomic E-state index is 10.9. The predicted octanol–water partition coefficient (Wildman–Crippen LogP) is 2.45. The highest BCUT2D eigenvalue weighted by Gasteiger charge is 2.16. The van der Waals surface area contributed by atoms with E-state index in [1.54, 1.807) is 25.3 Å². The van der Waals surface area contributed by atoms with Crippen LogP contribution in [0.3, 0.4) is 0 Å². The average molecular weight is 257 g/mol. The number of methoxy groups -OCH3 is 1. The fourth-order valence-corrected chi connectivity index (χ4v) is 1.90. The lowest BCUT2D eigenvalue weighted by atomic mass is 9.99. The second-order valence-corrected chi connectivity index (χ2v) is 4.14. The lowest BCUT2D eigenvalue weighted by Gasteiger charge is -2.13. The smallest absolute Gasteiger partial charge is 0.325 e. The molecule has 0 saturated heterocycles. The zero-order chi connectivity index (χ0) is 13.8. The van der Waals surface area contributed by atoms with Gasteiger partial charge in [-0.3, -0.25) is 4.79 Å². The molecule has 0 spiro atoms. The van der Waals surface area contributed by atoms with Gasteiger partial charge in [-0.25, -0.2) is 0 Å². The van der Waals surface area contributed by atoms with Crippen molar-refractivity contribution >= 4 is 5.97 Å². The Morgan fingerprint density at radius 3 is 2.47 bits per heavy atom. The number of hydrogen-bond donors (Lipinski definition) is 2. The Balaban J connectivity index is 2.52. The summed E-state index contributed by atoms with van der Waals surface area (Å²) in [5.74, 6) is -0.364. The van der Waals surface area contributed by atoms with Crippen LogP contribution in [0.15, 0.2) is 48.5 Å². The molecule has 19 heavy (non-hydrogen) atoms. The molecule has 1 unspecified atom stereocenters. The van der Waals surface area contributed by atoms with Crippen LogP contribution in [0.4, 0.5) is 0 Å². The number of benzene rings is 2. The maximum Gasteiger partial charge on any atom is 0.325 e. The molecule has 0 aromatic heterocycles. The van der Waals surface area contributed by atoms with Gasteiger partial charge in [0, 0.05) is 5.56 Å². The summed E-state index contributed by atoms with van der Waals surface area (Å²) >= 11 is 0. The number of aliphatic carboxylic acids is 1. The molecular formula is C15H15NO3. The minimum absolute atomic E-state index is 0.548. The number of carboxylic acid groups (broad SMARTS) is 1. The van der Waals surface area contributed by atoms with Gasteiger partial charge in [-0.05, 0) is 23.3 Å². The quantitative estimate of drug-likeness (QED) is 0.882. The minimum Gasteiger partial charge on any atom is -0.496 e. The SMILES string of the molecule is COc1ccc(C(N)C(=O)O)cc1-c1ccccc1. The third-order valence-electron chi connectivity index (χ3n) is 2.93. The van der Waals surface area contributed by atoms with E-state index in [2.05, 4.69) is 0 Å². The van der Waals surface area contributed by atoms with E-state index < -0.39 is 12.0 Å². The van der Waals surface area contributed by atoms with E-state index in [1.807, 2.05) is 30.3 Å². The van der Waals surface area contributed by atoms with Gasteiger partial charge < -0.3 is 15.6 Å². The molecule has 98 valence electrons. The molecule has 2 rings (SSSR count). The second kappa shape index (κ2) is 5.54. The van der Waals surface area contributed by atoms with Crippen molar-refractivity contribution in [2.45, 2.75) is 6.04 Å². The van der Waals surface area contributed by atoms with Crippen LogP contribution in [0.5, 0.6) is 5.75 Å². The van der Waals surface area contributed by atoms with Crippen LogP contribution in [0.2, 0.25) is 0 Å². The fraction of sp³-hybridized carbons (Fsp3) is 0.133. The molecule has 4 heteroatoms. The van der Waals surface area contributed by atoms with Gasteiger partial charge in [0.2, 0.25) is 0 Å². The molecule has 0 aliphatic carbocycles. The first-order valence-electron chi connectivity index (χ1n) is 5.85. The highest BCUT2D eigenvalue weighted by molar-refractivity contribution is 5.78. The Bertz CT molecular complexity index is 581. The Kier molecular flexibility index (Phi) is 3.82. The molecule has 4 nitrogen and oxygen atoms in total. The third kappa shape index (κ3) is 2.74. The van der Waals surface area contributed by atoms with Crippen molar-refractivity contribution in [2.75, 3.05) is 7.11 Å². The monoisotopic (exact) mass is 257 g/mol. The number of carbonyl (C=O) groups is 1. The third-order valence-corrected chi connectivity index (χ3v) is 2.93. The number of carboxylic acids is 1. The van der Waals surface area contributed by atoms with Crippen molar-refractivity contribution in [3.05, 3.63) is 54.1 Å². The zero-order valence-electron chi connectivity index (χ0n) is 10.5. The van der Waals surface area contributed by atoms with Crippen LogP contribution in [0.1, 0.15) is 11.6 Å².